The molecule has 0 aliphatic rings. The van der Waals surface area contributed by atoms with E-state index in [0.29, 0.717) is 12.3 Å². The summed E-state index contributed by atoms with van der Waals surface area (Å²) in [6.45, 7) is 12.2. The van der Waals surface area contributed by atoms with Gasteiger partial charge in [-0.05, 0) is 33.2 Å². The van der Waals surface area contributed by atoms with Crippen LogP contribution in [0.25, 0.3) is 0 Å². The molecule has 0 aliphatic heterocycles. The van der Waals surface area contributed by atoms with Crippen LogP contribution in [0.15, 0.2) is 0 Å². The first kappa shape index (κ1) is 14.4. The molecule has 15 heavy (non-hydrogen) atoms. The minimum absolute atomic E-state index is 0.117. The fourth-order valence-corrected chi connectivity index (χ4v) is 1.18. The normalized spacial score (nSPS) is 13.7. The van der Waals surface area contributed by atoms with E-state index in [1.807, 2.05) is 20.8 Å². The van der Waals surface area contributed by atoms with E-state index in [-0.39, 0.29) is 11.4 Å². The van der Waals surface area contributed by atoms with E-state index in [0.717, 1.165) is 13.1 Å². The van der Waals surface area contributed by atoms with E-state index in [9.17, 15) is 4.79 Å². The van der Waals surface area contributed by atoms with Crippen LogP contribution in [0, 0.1) is 5.92 Å². The summed E-state index contributed by atoms with van der Waals surface area (Å²) in [7, 11) is 0. The van der Waals surface area contributed by atoms with Gasteiger partial charge in [0.2, 0.25) is 5.91 Å². The van der Waals surface area contributed by atoms with Gasteiger partial charge in [0.25, 0.3) is 0 Å². The SMILES string of the molecule is CCC(C)CNCCC(=O)NC(C)(C)C. The molecular formula is C12H26N2O. The van der Waals surface area contributed by atoms with E-state index in [4.69, 9.17) is 0 Å². The van der Waals surface area contributed by atoms with E-state index in [1.54, 1.807) is 0 Å². The van der Waals surface area contributed by atoms with Crippen LogP contribution in [0.4, 0.5) is 0 Å². The minimum Gasteiger partial charge on any atom is -0.351 e. The van der Waals surface area contributed by atoms with Crippen LogP contribution in [-0.4, -0.2) is 24.5 Å². The Morgan fingerprint density at radius 1 is 1.33 bits per heavy atom. The highest BCUT2D eigenvalue weighted by molar-refractivity contribution is 5.76. The van der Waals surface area contributed by atoms with Crippen molar-refractivity contribution in [2.45, 2.75) is 53.0 Å². The molecule has 90 valence electrons. The minimum atomic E-state index is -0.117. The molecule has 1 amide bonds. The highest BCUT2D eigenvalue weighted by atomic mass is 16.1. The molecule has 0 saturated carbocycles. The molecule has 0 aromatic rings. The quantitative estimate of drug-likeness (QED) is 0.663. The zero-order valence-corrected chi connectivity index (χ0v) is 10.8. The maximum Gasteiger partial charge on any atom is 0.221 e. The van der Waals surface area contributed by atoms with Crippen LogP contribution >= 0.6 is 0 Å². The molecule has 0 radical (unpaired) electrons. The second-order valence-corrected chi connectivity index (χ2v) is 5.27. The van der Waals surface area contributed by atoms with Gasteiger partial charge in [0, 0.05) is 18.5 Å². The Morgan fingerprint density at radius 3 is 2.40 bits per heavy atom. The molecule has 0 spiro atoms. The Labute approximate surface area is 94.0 Å². The van der Waals surface area contributed by atoms with Crippen molar-refractivity contribution in [3.05, 3.63) is 0 Å². The lowest BCUT2D eigenvalue weighted by molar-refractivity contribution is -0.122. The maximum atomic E-state index is 11.4. The Hall–Kier alpha value is -0.570. The lowest BCUT2D eigenvalue weighted by atomic mass is 10.1. The number of nitrogens with one attached hydrogen (secondary N) is 2. The zero-order valence-electron chi connectivity index (χ0n) is 10.8. The summed E-state index contributed by atoms with van der Waals surface area (Å²) in [5, 5.41) is 6.23. The third-order valence-electron chi connectivity index (χ3n) is 2.23. The van der Waals surface area contributed by atoms with E-state index in [2.05, 4.69) is 24.5 Å². The number of carbonyl (C=O) groups is 1. The third-order valence-corrected chi connectivity index (χ3v) is 2.23. The second kappa shape index (κ2) is 6.83. The summed E-state index contributed by atoms with van der Waals surface area (Å²) in [6.07, 6.45) is 1.74. The van der Waals surface area contributed by atoms with E-state index < -0.39 is 0 Å². The van der Waals surface area contributed by atoms with Gasteiger partial charge in [0.05, 0.1) is 0 Å². The average Bonchev–Trinajstić information content (AvgIpc) is 2.09. The summed E-state index contributed by atoms with van der Waals surface area (Å²) in [4.78, 5) is 11.4. The predicted octanol–water partition coefficient (Wildman–Crippen LogP) is 1.93. The number of carbonyl (C=O) groups excluding carboxylic acids is 1. The molecule has 0 aromatic carbocycles. The van der Waals surface area contributed by atoms with Crippen molar-refractivity contribution in [3.8, 4) is 0 Å². The number of rotatable bonds is 6. The molecule has 3 heteroatoms. The van der Waals surface area contributed by atoms with Crippen molar-refractivity contribution in [3.63, 3.8) is 0 Å². The number of hydrogen-bond acceptors (Lipinski definition) is 2. The van der Waals surface area contributed by atoms with Crippen LogP contribution in [0.1, 0.15) is 47.5 Å². The topological polar surface area (TPSA) is 41.1 Å². The molecule has 0 aliphatic carbocycles. The summed E-state index contributed by atoms with van der Waals surface area (Å²) < 4.78 is 0. The number of hydrogen-bond donors (Lipinski definition) is 2. The molecule has 0 fully saturated rings. The molecule has 2 N–H and O–H groups in total. The highest BCUT2D eigenvalue weighted by Crippen LogP contribution is 1.99. The molecular weight excluding hydrogens is 188 g/mol. The van der Waals surface area contributed by atoms with Gasteiger partial charge in [0.1, 0.15) is 0 Å². The Morgan fingerprint density at radius 2 is 1.93 bits per heavy atom. The van der Waals surface area contributed by atoms with Crippen molar-refractivity contribution in [2.75, 3.05) is 13.1 Å². The third kappa shape index (κ3) is 9.73. The molecule has 0 rings (SSSR count). The van der Waals surface area contributed by atoms with Gasteiger partial charge in [-0.1, -0.05) is 20.3 Å². The lowest BCUT2D eigenvalue weighted by Crippen LogP contribution is -2.41. The fourth-order valence-electron chi connectivity index (χ4n) is 1.18. The summed E-state index contributed by atoms with van der Waals surface area (Å²) in [5.74, 6) is 0.815. The molecule has 3 nitrogen and oxygen atoms in total. The van der Waals surface area contributed by atoms with E-state index in [1.165, 1.54) is 6.42 Å². The van der Waals surface area contributed by atoms with Crippen LogP contribution in [0.2, 0.25) is 0 Å². The number of amides is 1. The first-order valence-corrected chi connectivity index (χ1v) is 5.87. The average molecular weight is 214 g/mol. The van der Waals surface area contributed by atoms with Gasteiger partial charge in [-0.3, -0.25) is 4.79 Å². The molecule has 0 bridgehead atoms. The van der Waals surface area contributed by atoms with Gasteiger partial charge in [-0.15, -0.1) is 0 Å². The summed E-state index contributed by atoms with van der Waals surface area (Å²) >= 11 is 0. The first-order valence-electron chi connectivity index (χ1n) is 5.87. The molecule has 1 atom stereocenters. The van der Waals surface area contributed by atoms with Crippen LogP contribution < -0.4 is 10.6 Å². The smallest absolute Gasteiger partial charge is 0.221 e. The largest absolute Gasteiger partial charge is 0.351 e. The van der Waals surface area contributed by atoms with Gasteiger partial charge in [0.15, 0.2) is 0 Å². The molecule has 1 unspecified atom stereocenters. The summed E-state index contributed by atoms with van der Waals surface area (Å²) in [5.41, 5.74) is -0.117. The molecule has 0 saturated heterocycles. The van der Waals surface area contributed by atoms with Crippen LogP contribution in [0.5, 0.6) is 0 Å². The lowest BCUT2D eigenvalue weighted by Gasteiger charge is -2.20. The van der Waals surface area contributed by atoms with Gasteiger partial charge < -0.3 is 10.6 Å². The van der Waals surface area contributed by atoms with Gasteiger partial charge in [-0.2, -0.15) is 0 Å². The van der Waals surface area contributed by atoms with E-state index >= 15 is 0 Å². The fraction of sp³-hybridized carbons (Fsp3) is 0.917. The van der Waals surface area contributed by atoms with Crippen molar-refractivity contribution < 1.29 is 4.79 Å². The monoisotopic (exact) mass is 214 g/mol. The molecule has 0 heterocycles. The first-order chi connectivity index (χ1) is 6.85. The predicted molar refractivity (Wildman–Crippen MR) is 64.8 cm³/mol. The van der Waals surface area contributed by atoms with Gasteiger partial charge >= 0.3 is 0 Å². The maximum absolute atomic E-state index is 11.4. The van der Waals surface area contributed by atoms with Crippen LogP contribution in [-0.2, 0) is 4.79 Å². The van der Waals surface area contributed by atoms with Crippen LogP contribution in [0.3, 0.4) is 0 Å². The van der Waals surface area contributed by atoms with Crippen molar-refractivity contribution in [2.24, 2.45) is 5.92 Å². The standard InChI is InChI=1S/C12H26N2O/c1-6-10(2)9-13-8-7-11(15)14-12(3,4)5/h10,13H,6-9H2,1-5H3,(H,14,15). The van der Waals surface area contributed by atoms with Crippen molar-refractivity contribution >= 4 is 5.91 Å². The Balaban J connectivity index is 3.48. The highest BCUT2D eigenvalue weighted by Gasteiger charge is 2.12. The molecule has 0 aromatic heterocycles. The van der Waals surface area contributed by atoms with Crippen molar-refractivity contribution in [1.82, 2.24) is 10.6 Å². The second-order valence-electron chi connectivity index (χ2n) is 5.27. The Kier molecular flexibility index (Phi) is 6.57. The summed E-state index contributed by atoms with van der Waals surface area (Å²) in [6, 6.07) is 0. The van der Waals surface area contributed by atoms with Gasteiger partial charge in [-0.25, -0.2) is 0 Å². The zero-order chi connectivity index (χ0) is 11.9. The Bertz CT molecular complexity index is 185. The van der Waals surface area contributed by atoms with Crippen molar-refractivity contribution in [1.29, 1.82) is 0 Å².